The third-order valence-electron chi connectivity index (χ3n) is 5.63. The van der Waals surface area contributed by atoms with Crippen LogP contribution in [-0.4, -0.2) is 20.4 Å². The molecule has 0 bridgehead atoms. The van der Waals surface area contributed by atoms with Crippen molar-refractivity contribution < 1.29 is 17.9 Å². The highest BCUT2D eigenvalue weighted by molar-refractivity contribution is 7.92. The largest absolute Gasteiger partial charge is 0.480 e. The fraction of sp³-hybridized carbons (Fsp3) is 0.148. The Morgan fingerprint density at radius 3 is 2.37 bits per heavy atom. The second kappa shape index (κ2) is 10.4. The molecule has 6 nitrogen and oxygen atoms in total. The number of benzene rings is 4. The van der Waals surface area contributed by atoms with Gasteiger partial charge in [0.1, 0.15) is 5.75 Å². The number of amides is 1. The first-order chi connectivity index (χ1) is 16.8. The molecule has 0 saturated heterocycles. The van der Waals surface area contributed by atoms with E-state index in [4.69, 9.17) is 16.3 Å². The molecule has 1 atom stereocenters. The van der Waals surface area contributed by atoms with Gasteiger partial charge in [-0.1, -0.05) is 61.0 Å². The van der Waals surface area contributed by atoms with Gasteiger partial charge in [0.2, 0.25) is 0 Å². The lowest BCUT2D eigenvalue weighted by molar-refractivity contribution is -0.122. The Hall–Kier alpha value is -3.55. The molecule has 35 heavy (non-hydrogen) atoms. The standard InChI is InChI=1S/C27H25ClN2O4S/c1-3-25(34-26-13-6-9-19-8-4-5-10-22(19)26)27(31)29-20-14-16-21(17-15-20)35(32,33)30-24-12-7-11-23(28)18(24)2/h4-17,25,30H,3H2,1-2H3,(H,29,31). The SMILES string of the molecule is CCC(Oc1cccc2ccccc12)C(=O)Nc1ccc(S(=O)(=O)Nc2cccc(Cl)c2C)cc1. The molecule has 0 aliphatic heterocycles. The molecule has 0 heterocycles. The fourth-order valence-corrected chi connectivity index (χ4v) is 4.93. The van der Waals surface area contributed by atoms with E-state index in [-0.39, 0.29) is 10.8 Å². The maximum atomic E-state index is 12.9. The topological polar surface area (TPSA) is 84.5 Å². The highest BCUT2D eigenvalue weighted by atomic mass is 35.5. The minimum absolute atomic E-state index is 0.0638. The van der Waals surface area contributed by atoms with E-state index >= 15 is 0 Å². The molecule has 0 saturated carbocycles. The predicted molar refractivity (Wildman–Crippen MR) is 141 cm³/mol. The van der Waals surface area contributed by atoms with Crippen molar-refractivity contribution in [1.82, 2.24) is 0 Å². The molecule has 180 valence electrons. The van der Waals surface area contributed by atoms with Gasteiger partial charge in [0, 0.05) is 16.1 Å². The van der Waals surface area contributed by atoms with Crippen molar-refractivity contribution in [2.75, 3.05) is 10.0 Å². The Bertz CT molecular complexity index is 1470. The fourth-order valence-electron chi connectivity index (χ4n) is 3.64. The van der Waals surface area contributed by atoms with E-state index in [9.17, 15) is 13.2 Å². The van der Waals surface area contributed by atoms with Crippen molar-refractivity contribution in [2.24, 2.45) is 0 Å². The molecule has 4 rings (SSSR count). The summed E-state index contributed by atoms with van der Waals surface area (Å²) in [5.41, 5.74) is 1.51. The number of anilines is 2. The summed E-state index contributed by atoms with van der Waals surface area (Å²) in [5, 5.41) is 5.24. The number of sulfonamides is 1. The van der Waals surface area contributed by atoms with Crippen LogP contribution in [-0.2, 0) is 14.8 Å². The summed E-state index contributed by atoms with van der Waals surface area (Å²) in [6, 6.07) is 24.5. The van der Waals surface area contributed by atoms with Crippen molar-refractivity contribution in [1.29, 1.82) is 0 Å². The van der Waals surface area contributed by atoms with Crippen molar-refractivity contribution in [3.63, 3.8) is 0 Å². The number of hydrogen-bond donors (Lipinski definition) is 2. The molecule has 4 aromatic rings. The quantitative estimate of drug-likeness (QED) is 0.288. The van der Waals surface area contributed by atoms with E-state index in [1.807, 2.05) is 49.4 Å². The molecule has 0 spiro atoms. The summed E-state index contributed by atoms with van der Waals surface area (Å²) in [6.07, 6.45) is -0.249. The monoisotopic (exact) mass is 508 g/mol. The van der Waals surface area contributed by atoms with Crippen LogP contribution in [0.3, 0.4) is 0 Å². The molecule has 8 heteroatoms. The number of hydrogen-bond acceptors (Lipinski definition) is 4. The summed E-state index contributed by atoms with van der Waals surface area (Å²) >= 11 is 6.09. The number of carbonyl (C=O) groups excluding carboxylic acids is 1. The normalized spacial score (nSPS) is 12.2. The third-order valence-corrected chi connectivity index (χ3v) is 7.42. The highest BCUT2D eigenvalue weighted by Gasteiger charge is 2.21. The zero-order valence-corrected chi connectivity index (χ0v) is 20.9. The number of rotatable bonds is 8. The van der Waals surface area contributed by atoms with Gasteiger partial charge in [-0.3, -0.25) is 9.52 Å². The predicted octanol–water partition coefficient (Wildman–Crippen LogP) is 6.40. The van der Waals surface area contributed by atoms with Crippen LogP contribution in [0, 0.1) is 6.92 Å². The van der Waals surface area contributed by atoms with Crippen LogP contribution < -0.4 is 14.8 Å². The average Bonchev–Trinajstić information content (AvgIpc) is 2.85. The van der Waals surface area contributed by atoms with Gasteiger partial charge in [0.05, 0.1) is 10.6 Å². The smallest absolute Gasteiger partial charge is 0.265 e. The molecule has 1 amide bonds. The Morgan fingerprint density at radius 1 is 0.943 bits per heavy atom. The lowest BCUT2D eigenvalue weighted by atomic mass is 10.1. The van der Waals surface area contributed by atoms with Gasteiger partial charge >= 0.3 is 0 Å². The summed E-state index contributed by atoms with van der Waals surface area (Å²) in [6.45, 7) is 3.61. The molecule has 0 aliphatic rings. The molecule has 0 aromatic heterocycles. The van der Waals surface area contributed by atoms with E-state index in [2.05, 4.69) is 10.0 Å². The Kier molecular flexibility index (Phi) is 7.28. The van der Waals surface area contributed by atoms with E-state index < -0.39 is 16.1 Å². The Labute approximate surface area is 209 Å². The Morgan fingerprint density at radius 2 is 1.63 bits per heavy atom. The molecule has 2 N–H and O–H groups in total. The van der Waals surface area contributed by atoms with Gasteiger partial charge in [-0.15, -0.1) is 0 Å². The van der Waals surface area contributed by atoms with Crippen molar-refractivity contribution in [3.8, 4) is 5.75 Å². The second-order valence-electron chi connectivity index (χ2n) is 8.02. The molecular weight excluding hydrogens is 484 g/mol. The Balaban J connectivity index is 1.46. The zero-order valence-electron chi connectivity index (χ0n) is 19.3. The maximum Gasteiger partial charge on any atom is 0.265 e. The first kappa shape index (κ1) is 24.6. The van der Waals surface area contributed by atoms with Crippen molar-refractivity contribution in [2.45, 2.75) is 31.3 Å². The summed E-state index contributed by atoms with van der Waals surface area (Å²) in [4.78, 5) is 13.0. The van der Waals surface area contributed by atoms with Crippen LogP contribution in [0.25, 0.3) is 10.8 Å². The van der Waals surface area contributed by atoms with Crippen LogP contribution in [0.15, 0.2) is 89.8 Å². The average molecular weight is 509 g/mol. The van der Waals surface area contributed by atoms with Crippen molar-refractivity contribution >= 4 is 49.7 Å². The summed E-state index contributed by atoms with van der Waals surface area (Å²) in [5.74, 6) is 0.317. The number of carbonyl (C=O) groups is 1. The van der Waals surface area contributed by atoms with Crippen LogP contribution in [0.5, 0.6) is 5.75 Å². The molecular formula is C27H25ClN2O4S. The van der Waals surface area contributed by atoms with E-state index in [1.54, 1.807) is 37.3 Å². The van der Waals surface area contributed by atoms with Gasteiger partial charge in [0.25, 0.3) is 15.9 Å². The van der Waals surface area contributed by atoms with E-state index in [0.29, 0.717) is 34.1 Å². The third kappa shape index (κ3) is 5.58. The van der Waals surface area contributed by atoms with Gasteiger partial charge in [-0.2, -0.15) is 0 Å². The van der Waals surface area contributed by atoms with Crippen LogP contribution in [0.1, 0.15) is 18.9 Å². The number of ether oxygens (including phenoxy) is 1. The first-order valence-electron chi connectivity index (χ1n) is 11.1. The minimum Gasteiger partial charge on any atom is -0.480 e. The molecule has 1 unspecified atom stereocenters. The number of halogens is 1. The summed E-state index contributed by atoms with van der Waals surface area (Å²) in [7, 11) is -3.83. The van der Waals surface area contributed by atoms with Gasteiger partial charge in [-0.25, -0.2) is 8.42 Å². The molecule has 0 radical (unpaired) electrons. The lowest BCUT2D eigenvalue weighted by Crippen LogP contribution is -2.32. The molecule has 4 aromatic carbocycles. The first-order valence-corrected chi connectivity index (χ1v) is 13.0. The molecule has 0 fully saturated rings. The minimum atomic E-state index is -3.83. The van der Waals surface area contributed by atoms with Gasteiger partial charge in [-0.05, 0) is 66.8 Å². The van der Waals surface area contributed by atoms with Gasteiger partial charge < -0.3 is 10.1 Å². The van der Waals surface area contributed by atoms with E-state index in [1.165, 1.54) is 12.1 Å². The van der Waals surface area contributed by atoms with E-state index in [0.717, 1.165) is 10.8 Å². The summed E-state index contributed by atoms with van der Waals surface area (Å²) < 4.78 is 34.2. The molecule has 0 aliphatic carbocycles. The van der Waals surface area contributed by atoms with Crippen LogP contribution in [0.2, 0.25) is 5.02 Å². The number of fused-ring (bicyclic) bond motifs is 1. The van der Waals surface area contributed by atoms with Gasteiger partial charge in [0.15, 0.2) is 6.10 Å². The number of nitrogens with one attached hydrogen (secondary N) is 2. The second-order valence-corrected chi connectivity index (χ2v) is 10.1. The van der Waals surface area contributed by atoms with Crippen LogP contribution >= 0.6 is 11.6 Å². The van der Waals surface area contributed by atoms with Crippen LogP contribution in [0.4, 0.5) is 11.4 Å². The van der Waals surface area contributed by atoms with Crippen molar-refractivity contribution in [3.05, 3.63) is 95.5 Å². The highest BCUT2D eigenvalue weighted by Crippen LogP contribution is 2.28. The lowest BCUT2D eigenvalue weighted by Gasteiger charge is -2.19. The maximum absolute atomic E-state index is 12.9. The zero-order chi connectivity index (χ0) is 25.0.